The molecule has 1 aromatic heterocycles. The number of benzene rings is 1. The van der Waals surface area contributed by atoms with Crippen molar-refractivity contribution in [3.8, 4) is 6.07 Å². The molecule has 0 bridgehead atoms. The van der Waals surface area contributed by atoms with E-state index in [1.807, 2.05) is 0 Å². The molecule has 0 radical (unpaired) electrons. The van der Waals surface area contributed by atoms with Crippen LogP contribution in [0.15, 0.2) is 40.6 Å². The van der Waals surface area contributed by atoms with Crippen LogP contribution in [0.5, 0.6) is 0 Å². The number of carbonyl (C=O) groups is 2. The average molecular weight is 326 g/mol. The first-order valence-electron chi connectivity index (χ1n) is 6.86. The van der Waals surface area contributed by atoms with E-state index in [4.69, 9.17) is 9.78 Å². The third-order valence-electron chi connectivity index (χ3n) is 3.21. The van der Waals surface area contributed by atoms with Crippen LogP contribution in [-0.2, 0) is 4.79 Å². The molecule has 0 saturated carbocycles. The van der Waals surface area contributed by atoms with Crippen LogP contribution < -0.4 is 10.6 Å². The van der Waals surface area contributed by atoms with Gasteiger partial charge in [-0.2, -0.15) is 5.26 Å². The van der Waals surface area contributed by atoms with Gasteiger partial charge in [0.05, 0.1) is 11.8 Å². The van der Waals surface area contributed by atoms with Crippen LogP contribution in [-0.4, -0.2) is 29.1 Å². The van der Waals surface area contributed by atoms with Crippen LogP contribution >= 0.6 is 0 Å². The van der Waals surface area contributed by atoms with Crippen molar-refractivity contribution < 1.29 is 19.2 Å². The Morgan fingerprint density at radius 3 is 2.46 bits per heavy atom. The lowest BCUT2D eigenvalue weighted by Crippen LogP contribution is -2.18. The summed E-state index contributed by atoms with van der Waals surface area (Å²) in [7, 11) is 1.51. The van der Waals surface area contributed by atoms with Crippen LogP contribution in [0.2, 0.25) is 0 Å². The Balaban J connectivity index is 2.23. The first-order chi connectivity index (χ1) is 11.5. The third-order valence-corrected chi connectivity index (χ3v) is 3.21. The van der Waals surface area contributed by atoms with E-state index in [9.17, 15) is 14.7 Å². The summed E-state index contributed by atoms with van der Waals surface area (Å²) >= 11 is 0. The minimum absolute atomic E-state index is 0.164. The van der Waals surface area contributed by atoms with E-state index >= 15 is 0 Å². The molecule has 0 fully saturated rings. The molecular weight excluding hydrogens is 312 g/mol. The largest absolute Gasteiger partial charge is 0.506 e. The standard InChI is InChI=1S/C16H14N4O4/c1-9-13(8-19-24-9)14(21)12(7-17)16(23)20-11-5-3-10(4-6-11)15(22)18-2/h3-6,8,21H,1-2H3,(H,18,22)(H,20,23)/b14-12-. The molecule has 24 heavy (non-hydrogen) atoms. The summed E-state index contributed by atoms with van der Waals surface area (Å²) in [6.07, 6.45) is 1.22. The Labute approximate surface area is 137 Å². The summed E-state index contributed by atoms with van der Waals surface area (Å²) in [5.74, 6) is -1.28. The molecule has 8 heteroatoms. The van der Waals surface area contributed by atoms with Crippen molar-refractivity contribution in [3.05, 3.63) is 52.9 Å². The van der Waals surface area contributed by atoms with E-state index in [2.05, 4.69) is 15.8 Å². The molecule has 0 saturated heterocycles. The van der Waals surface area contributed by atoms with Gasteiger partial charge < -0.3 is 20.3 Å². The highest BCUT2D eigenvalue weighted by Gasteiger charge is 2.20. The summed E-state index contributed by atoms with van der Waals surface area (Å²) in [4.78, 5) is 23.6. The Morgan fingerprint density at radius 1 is 1.29 bits per heavy atom. The number of rotatable bonds is 4. The number of nitrogens with one attached hydrogen (secondary N) is 2. The molecule has 0 atom stereocenters. The SMILES string of the molecule is CNC(=O)c1ccc(NC(=O)/C(C#N)=C(\O)c2cnoc2C)cc1. The quantitative estimate of drug-likeness (QED) is 0.446. The van der Waals surface area contributed by atoms with Gasteiger partial charge in [0.15, 0.2) is 11.3 Å². The van der Waals surface area contributed by atoms with E-state index in [0.29, 0.717) is 11.3 Å². The molecule has 0 aliphatic rings. The molecule has 0 aliphatic carbocycles. The third kappa shape index (κ3) is 3.41. The predicted octanol–water partition coefficient (Wildman–Crippen LogP) is 1.77. The fourth-order valence-corrected chi connectivity index (χ4v) is 1.91. The molecule has 0 spiro atoms. The summed E-state index contributed by atoms with van der Waals surface area (Å²) in [5.41, 5.74) is 0.484. The highest BCUT2D eigenvalue weighted by atomic mass is 16.5. The number of aliphatic hydroxyl groups is 1. The molecule has 1 aromatic carbocycles. The first kappa shape index (κ1) is 16.8. The molecule has 0 unspecified atom stereocenters. The summed E-state index contributed by atoms with van der Waals surface area (Å²) < 4.78 is 4.80. The number of aryl methyl sites for hydroxylation is 1. The number of nitrogens with zero attached hydrogens (tertiary/aromatic N) is 2. The van der Waals surface area contributed by atoms with Crippen LogP contribution in [0, 0.1) is 18.3 Å². The number of amides is 2. The minimum atomic E-state index is -0.789. The summed E-state index contributed by atoms with van der Waals surface area (Å²) in [5, 5.41) is 27.7. The van der Waals surface area contributed by atoms with E-state index in [-0.39, 0.29) is 17.2 Å². The maximum Gasteiger partial charge on any atom is 0.270 e. The number of aliphatic hydroxyl groups excluding tert-OH is 1. The minimum Gasteiger partial charge on any atom is -0.506 e. The monoisotopic (exact) mass is 326 g/mol. The summed E-state index contributed by atoms with van der Waals surface area (Å²) in [6.45, 7) is 1.54. The van der Waals surface area contributed by atoms with Crippen LogP contribution in [0.4, 0.5) is 5.69 Å². The fourth-order valence-electron chi connectivity index (χ4n) is 1.91. The molecule has 8 nitrogen and oxygen atoms in total. The second kappa shape index (κ2) is 7.11. The number of carbonyl (C=O) groups excluding carboxylic acids is 2. The maximum atomic E-state index is 12.2. The molecule has 2 rings (SSSR count). The van der Waals surface area contributed by atoms with Gasteiger partial charge in [-0.25, -0.2) is 0 Å². The highest BCUT2D eigenvalue weighted by molar-refractivity contribution is 6.11. The van der Waals surface area contributed by atoms with Gasteiger partial charge in [0.1, 0.15) is 11.8 Å². The van der Waals surface area contributed by atoms with Gasteiger partial charge in [-0.15, -0.1) is 0 Å². The van der Waals surface area contributed by atoms with Crippen molar-refractivity contribution in [1.82, 2.24) is 10.5 Å². The average Bonchev–Trinajstić information content (AvgIpc) is 3.01. The van der Waals surface area contributed by atoms with Crippen LogP contribution in [0.3, 0.4) is 0 Å². The van der Waals surface area contributed by atoms with Gasteiger partial charge in [0.25, 0.3) is 11.8 Å². The normalized spacial score (nSPS) is 11.2. The Hall–Kier alpha value is -3.60. The Kier molecular flexibility index (Phi) is 4.96. The number of aromatic nitrogens is 1. The van der Waals surface area contributed by atoms with Crippen molar-refractivity contribution in [2.24, 2.45) is 0 Å². The lowest BCUT2D eigenvalue weighted by atomic mass is 10.1. The van der Waals surface area contributed by atoms with Crippen molar-refractivity contribution in [1.29, 1.82) is 5.26 Å². The first-order valence-corrected chi connectivity index (χ1v) is 6.86. The van der Waals surface area contributed by atoms with Crippen molar-refractivity contribution in [2.75, 3.05) is 12.4 Å². The Bertz CT molecular complexity index is 844. The van der Waals surface area contributed by atoms with E-state index in [0.717, 1.165) is 0 Å². The number of anilines is 1. The zero-order chi connectivity index (χ0) is 17.7. The fraction of sp³-hybridized carbons (Fsp3) is 0.125. The van der Waals surface area contributed by atoms with Gasteiger partial charge in [0, 0.05) is 18.3 Å². The van der Waals surface area contributed by atoms with Crippen molar-refractivity contribution in [3.63, 3.8) is 0 Å². The van der Waals surface area contributed by atoms with Crippen molar-refractivity contribution >= 4 is 23.3 Å². The number of nitriles is 1. The van der Waals surface area contributed by atoms with Gasteiger partial charge >= 0.3 is 0 Å². The topological polar surface area (TPSA) is 128 Å². The van der Waals surface area contributed by atoms with Gasteiger partial charge in [-0.1, -0.05) is 5.16 Å². The molecule has 1 heterocycles. The molecular formula is C16H14N4O4. The molecule has 3 N–H and O–H groups in total. The Morgan fingerprint density at radius 2 is 1.96 bits per heavy atom. The van der Waals surface area contributed by atoms with Crippen LogP contribution in [0.1, 0.15) is 21.7 Å². The predicted molar refractivity (Wildman–Crippen MR) is 84.9 cm³/mol. The van der Waals surface area contributed by atoms with Gasteiger partial charge in [0.2, 0.25) is 0 Å². The van der Waals surface area contributed by atoms with E-state index in [1.165, 1.54) is 37.5 Å². The van der Waals surface area contributed by atoms with Gasteiger partial charge in [-0.05, 0) is 31.2 Å². The lowest BCUT2D eigenvalue weighted by Gasteiger charge is -2.07. The van der Waals surface area contributed by atoms with Crippen LogP contribution in [0.25, 0.3) is 5.76 Å². The molecule has 2 aromatic rings. The van der Waals surface area contributed by atoms with E-state index in [1.54, 1.807) is 13.0 Å². The lowest BCUT2D eigenvalue weighted by molar-refractivity contribution is -0.112. The van der Waals surface area contributed by atoms with E-state index < -0.39 is 17.2 Å². The second-order valence-corrected chi connectivity index (χ2v) is 4.74. The molecule has 122 valence electrons. The smallest absolute Gasteiger partial charge is 0.270 e. The molecule has 2 amide bonds. The number of hydrogen-bond donors (Lipinski definition) is 3. The number of hydrogen-bond acceptors (Lipinski definition) is 6. The van der Waals surface area contributed by atoms with Crippen molar-refractivity contribution in [2.45, 2.75) is 6.92 Å². The zero-order valence-electron chi connectivity index (χ0n) is 13.0. The van der Waals surface area contributed by atoms with Gasteiger partial charge in [-0.3, -0.25) is 9.59 Å². The maximum absolute atomic E-state index is 12.2. The zero-order valence-corrected chi connectivity index (χ0v) is 13.0. The molecule has 0 aliphatic heterocycles. The highest BCUT2D eigenvalue weighted by Crippen LogP contribution is 2.20. The second-order valence-electron chi connectivity index (χ2n) is 4.74. The summed E-state index contributed by atoms with van der Waals surface area (Å²) in [6, 6.07) is 7.73.